The van der Waals surface area contributed by atoms with Crippen molar-refractivity contribution in [3.63, 3.8) is 0 Å². The van der Waals surface area contributed by atoms with Crippen molar-refractivity contribution in [2.75, 3.05) is 13.7 Å². The smallest absolute Gasteiger partial charge is 0.146 e. The molecule has 0 saturated heterocycles. The fourth-order valence-corrected chi connectivity index (χ4v) is 1.01. The highest BCUT2D eigenvalue weighted by Gasteiger charge is 2.09. The number of methoxy groups -OCH3 is 1. The predicted molar refractivity (Wildman–Crippen MR) is 45.0 cm³/mol. The third-order valence-electron chi connectivity index (χ3n) is 1.63. The zero-order valence-corrected chi connectivity index (χ0v) is 8.96. The van der Waals surface area contributed by atoms with E-state index in [0.29, 0.717) is 0 Å². The number of nitrogens with two attached hydrogens (primary N) is 1. The SMILES string of the molecule is COCCC(N)C(C)O[SiH3]. The summed E-state index contributed by atoms with van der Waals surface area (Å²) in [5.41, 5.74) is 5.73. The lowest BCUT2D eigenvalue weighted by Gasteiger charge is -2.17. The molecule has 0 aliphatic carbocycles. The Bertz CT molecular complexity index is 82.1. The van der Waals surface area contributed by atoms with Gasteiger partial charge in [-0.1, -0.05) is 0 Å². The van der Waals surface area contributed by atoms with Crippen molar-refractivity contribution in [2.24, 2.45) is 5.73 Å². The molecule has 0 amide bonds. The molecule has 62 valence electrons. The van der Waals surface area contributed by atoms with E-state index in [9.17, 15) is 0 Å². The molecule has 0 aliphatic rings. The van der Waals surface area contributed by atoms with Gasteiger partial charge in [0.1, 0.15) is 10.5 Å². The normalized spacial score (nSPS) is 17.1. The molecule has 0 fully saturated rings. The maximum atomic E-state index is 5.73. The molecule has 0 aromatic rings. The van der Waals surface area contributed by atoms with Gasteiger partial charge in [-0.15, -0.1) is 0 Å². The van der Waals surface area contributed by atoms with Crippen LogP contribution in [0.25, 0.3) is 0 Å². The lowest BCUT2D eigenvalue weighted by atomic mass is 10.1. The second kappa shape index (κ2) is 5.85. The molecular weight excluding hydrogens is 146 g/mol. The first kappa shape index (κ1) is 10.1. The summed E-state index contributed by atoms with van der Waals surface area (Å²) in [6.07, 6.45) is 1.06. The van der Waals surface area contributed by atoms with Crippen LogP contribution in [0.2, 0.25) is 0 Å². The van der Waals surface area contributed by atoms with E-state index in [0.717, 1.165) is 23.5 Å². The fourth-order valence-electron chi connectivity index (χ4n) is 0.663. The topological polar surface area (TPSA) is 44.5 Å². The Morgan fingerprint density at radius 1 is 1.60 bits per heavy atom. The van der Waals surface area contributed by atoms with Gasteiger partial charge in [-0.2, -0.15) is 0 Å². The van der Waals surface area contributed by atoms with Gasteiger partial charge in [0.15, 0.2) is 0 Å². The van der Waals surface area contributed by atoms with E-state index in [-0.39, 0.29) is 12.1 Å². The minimum atomic E-state index is 0.123. The summed E-state index contributed by atoms with van der Waals surface area (Å²) in [5, 5.41) is 0. The maximum absolute atomic E-state index is 5.73. The Hall–Kier alpha value is 0.0969. The van der Waals surface area contributed by atoms with E-state index in [4.69, 9.17) is 14.9 Å². The van der Waals surface area contributed by atoms with Gasteiger partial charge in [0.25, 0.3) is 0 Å². The molecule has 0 spiro atoms. The van der Waals surface area contributed by atoms with Gasteiger partial charge < -0.3 is 14.9 Å². The second-order valence-corrected chi connectivity index (χ2v) is 2.86. The lowest BCUT2D eigenvalue weighted by molar-refractivity contribution is 0.150. The second-order valence-electron chi connectivity index (χ2n) is 2.39. The lowest BCUT2D eigenvalue weighted by Crippen LogP contribution is -2.35. The van der Waals surface area contributed by atoms with Crippen molar-refractivity contribution in [3.8, 4) is 0 Å². The summed E-state index contributed by atoms with van der Waals surface area (Å²) in [6, 6.07) is 0.123. The number of rotatable bonds is 5. The largest absolute Gasteiger partial charge is 0.424 e. The zero-order chi connectivity index (χ0) is 7.98. The molecule has 2 unspecified atom stereocenters. The van der Waals surface area contributed by atoms with Crippen LogP contribution in [-0.4, -0.2) is 36.3 Å². The number of ether oxygens (including phenoxy) is 1. The van der Waals surface area contributed by atoms with Crippen LogP contribution in [0.15, 0.2) is 0 Å². The molecular formula is C6H17NO2Si. The Kier molecular flexibility index (Phi) is 5.91. The Morgan fingerprint density at radius 3 is 2.60 bits per heavy atom. The fraction of sp³-hybridized carbons (Fsp3) is 1.00. The van der Waals surface area contributed by atoms with E-state index >= 15 is 0 Å². The van der Waals surface area contributed by atoms with E-state index < -0.39 is 0 Å². The van der Waals surface area contributed by atoms with Gasteiger partial charge in [-0.3, -0.25) is 0 Å². The summed E-state index contributed by atoms with van der Waals surface area (Å²) in [6.45, 7) is 2.71. The number of hydrogen-bond donors (Lipinski definition) is 1. The van der Waals surface area contributed by atoms with Gasteiger partial charge >= 0.3 is 0 Å². The molecule has 2 N–H and O–H groups in total. The van der Waals surface area contributed by atoms with Gasteiger partial charge in [0.2, 0.25) is 0 Å². The Morgan fingerprint density at radius 2 is 2.20 bits per heavy atom. The van der Waals surface area contributed by atoms with Gasteiger partial charge in [-0.05, 0) is 13.3 Å². The summed E-state index contributed by atoms with van der Waals surface area (Å²) < 4.78 is 10.1. The van der Waals surface area contributed by atoms with Gasteiger partial charge in [0.05, 0.1) is 6.10 Å². The van der Waals surface area contributed by atoms with Gasteiger partial charge in [-0.25, -0.2) is 0 Å². The van der Waals surface area contributed by atoms with Gasteiger partial charge in [0, 0.05) is 19.8 Å². The quantitative estimate of drug-likeness (QED) is 0.531. The van der Waals surface area contributed by atoms with Crippen LogP contribution >= 0.6 is 0 Å². The molecule has 0 bridgehead atoms. The molecule has 10 heavy (non-hydrogen) atoms. The minimum absolute atomic E-state index is 0.123. The van der Waals surface area contributed by atoms with Crippen LogP contribution in [0, 0.1) is 0 Å². The summed E-state index contributed by atoms with van der Waals surface area (Å²) >= 11 is 0. The van der Waals surface area contributed by atoms with Crippen molar-refractivity contribution in [1.29, 1.82) is 0 Å². The van der Waals surface area contributed by atoms with Crippen LogP contribution < -0.4 is 5.73 Å². The molecule has 4 heteroatoms. The molecule has 2 atom stereocenters. The standard InChI is InChI=1S/C6H17NO2Si/c1-5(9-10)6(7)3-4-8-2/h5-6H,3-4,7H2,1-2,10H3. The van der Waals surface area contributed by atoms with Crippen molar-refractivity contribution in [1.82, 2.24) is 0 Å². The third-order valence-corrected chi connectivity index (χ3v) is 2.37. The molecule has 0 heterocycles. The van der Waals surface area contributed by atoms with Crippen LogP contribution in [0.3, 0.4) is 0 Å². The molecule has 0 aliphatic heterocycles. The summed E-state index contributed by atoms with van der Waals surface area (Å²) in [5.74, 6) is 0. The first-order valence-corrected chi connectivity index (χ1v) is 4.31. The van der Waals surface area contributed by atoms with Crippen molar-refractivity contribution >= 4 is 10.5 Å². The monoisotopic (exact) mass is 163 g/mol. The highest BCUT2D eigenvalue weighted by molar-refractivity contribution is 5.98. The Balaban J connectivity index is 3.31. The third kappa shape index (κ3) is 4.00. The van der Waals surface area contributed by atoms with E-state index in [1.54, 1.807) is 7.11 Å². The van der Waals surface area contributed by atoms with E-state index in [1.807, 2.05) is 6.92 Å². The predicted octanol–water partition coefficient (Wildman–Crippen LogP) is -0.964. The summed E-state index contributed by atoms with van der Waals surface area (Å²) in [7, 11) is 2.44. The van der Waals surface area contributed by atoms with Crippen LogP contribution in [0.4, 0.5) is 0 Å². The van der Waals surface area contributed by atoms with E-state index in [2.05, 4.69) is 0 Å². The highest BCUT2D eigenvalue weighted by Crippen LogP contribution is 1.98. The maximum Gasteiger partial charge on any atom is 0.146 e. The minimum Gasteiger partial charge on any atom is -0.424 e. The van der Waals surface area contributed by atoms with Crippen LogP contribution in [-0.2, 0) is 9.16 Å². The molecule has 3 nitrogen and oxygen atoms in total. The first-order chi connectivity index (χ1) is 4.72. The average molecular weight is 163 g/mol. The molecule has 0 aromatic heterocycles. The van der Waals surface area contributed by atoms with Crippen molar-refractivity contribution in [3.05, 3.63) is 0 Å². The highest BCUT2D eigenvalue weighted by atomic mass is 28.2. The summed E-state index contributed by atoms with van der Waals surface area (Å²) in [4.78, 5) is 0. The molecule has 0 radical (unpaired) electrons. The molecule has 0 rings (SSSR count). The molecule has 0 saturated carbocycles. The average Bonchev–Trinajstić information content (AvgIpc) is 1.98. The first-order valence-electron chi connectivity index (χ1n) is 3.49. The molecule has 0 aromatic carbocycles. The zero-order valence-electron chi connectivity index (χ0n) is 6.96. The van der Waals surface area contributed by atoms with Crippen molar-refractivity contribution < 1.29 is 9.16 Å². The van der Waals surface area contributed by atoms with Crippen LogP contribution in [0.5, 0.6) is 0 Å². The Labute approximate surface area is 65.4 Å². The van der Waals surface area contributed by atoms with Crippen LogP contribution in [0.1, 0.15) is 13.3 Å². The van der Waals surface area contributed by atoms with Crippen molar-refractivity contribution in [2.45, 2.75) is 25.5 Å². The van der Waals surface area contributed by atoms with E-state index in [1.165, 1.54) is 0 Å². The number of hydrogen-bond acceptors (Lipinski definition) is 3.